The fourth-order valence-electron chi connectivity index (χ4n) is 4.24. The van der Waals surface area contributed by atoms with E-state index in [0.29, 0.717) is 10.6 Å². The van der Waals surface area contributed by atoms with Crippen LogP contribution in [0.5, 0.6) is 0 Å². The van der Waals surface area contributed by atoms with Gasteiger partial charge in [0.25, 0.3) is 0 Å². The van der Waals surface area contributed by atoms with Crippen LogP contribution in [0.2, 0.25) is 5.02 Å². The molecular formula is C21H20ClF2N3O3S. The lowest BCUT2D eigenvalue weighted by atomic mass is 9.80. The number of alkyl halides is 1. The summed E-state index contributed by atoms with van der Waals surface area (Å²) in [4.78, 5) is 20.8. The molecule has 31 heavy (non-hydrogen) atoms. The Hall–Kier alpha value is -2.39. The molecule has 2 heterocycles. The first-order chi connectivity index (χ1) is 14.5. The van der Waals surface area contributed by atoms with E-state index < -0.39 is 37.9 Å². The van der Waals surface area contributed by atoms with Gasteiger partial charge in [-0.05, 0) is 36.8 Å². The first-order valence-corrected chi connectivity index (χ1v) is 11.6. The Labute approximate surface area is 183 Å². The van der Waals surface area contributed by atoms with Crippen molar-refractivity contribution in [2.45, 2.75) is 42.6 Å². The van der Waals surface area contributed by atoms with Crippen molar-refractivity contribution in [3.05, 3.63) is 64.2 Å². The zero-order valence-corrected chi connectivity index (χ0v) is 18.2. The van der Waals surface area contributed by atoms with Gasteiger partial charge >= 0.3 is 0 Å². The molecule has 2 N–H and O–H groups in total. The first kappa shape index (κ1) is 21.8. The van der Waals surface area contributed by atoms with E-state index in [2.05, 4.69) is 9.98 Å². The molecule has 0 amide bonds. The molecule has 1 aliphatic carbocycles. The number of halogens is 3. The monoisotopic (exact) mass is 467 g/mol. The van der Waals surface area contributed by atoms with E-state index in [1.54, 1.807) is 6.07 Å². The SMILES string of the molecule is C[C@@]1(c2cc(CC(=O)c3ccc(Cl)cn3)ccc2F)CS(=O)(=O)C2(CC(F)C2)C(N)=N1. The lowest BCUT2D eigenvalue weighted by Gasteiger charge is -2.48. The topological polar surface area (TPSA) is 102 Å². The van der Waals surface area contributed by atoms with Crippen LogP contribution in [0, 0.1) is 5.82 Å². The van der Waals surface area contributed by atoms with E-state index in [-0.39, 0.29) is 42.1 Å². The number of amidine groups is 1. The van der Waals surface area contributed by atoms with Crippen molar-refractivity contribution >= 4 is 33.1 Å². The molecule has 10 heteroatoms. The third-order valence-corrected chi connectivity index (χ3v) is 8.89. The Morgan fingerprint density at radius 3 is 2.58 bits per heavy atom. The van der Waals surface area contributed by atoms with Gasteiger partial charge in [-0.15, -0.1) is 0 Å². The Morgan fingerprint density at radius 1 is 1.29 bits per heavy atom. The number of hydrogen-bond acceptors (Lipinski definition) is 6. The number of ketones is 1. The Balaban J connectivity index is 1.68. The third-order valence-electron chi connectivity index (χ3n) is 5.99. The number of hydrogen-bond donors (Lipinski definition) is 1. The number of nitrogens with zero attached hydrogens (tertiary/aromatic N) is 2. The van der Waals surface area contributed by atoms with E-state index in [0.717, 1.165) is 0 Å². The van der Waals surface area contributed by atoms with Crippen molar-refractivity contribution in [2.24, 2.45) is 10.7 Å². The number of pyridine rings is 1. The smallest absolute Gasteiger partial charge is 0.185 e. The number of sulfone groups is 1. The summed E-state index contributed by atoms with van der Waals surface area (Å²) in [5.41, 5.74) is 5.19. The van der Waals surface area contributed by atoms with Gasteiger partial charge in [0.15, 0.2) is 15.6 Å². The highest BCUT2D eigenvalue weighted by Gasteiger charge is 2.61. The number of nitrogens with two attached hydrogens (primary N) is 1. The van der Waals surface area contributed by atoms with Crippen molar-refractivity contribution in [1.82, 2.24) is 4.98 Å². The van der Waals surface area contributed by atoms with Gasteiger partial charge in [0.1, 0.15) is 33.8 Å². The van der Waals surface area contributed by atoms with Gasteiger partial charge in [0.05, 0.1) is 10.8 Å². The molecule has 2 aromatic rings. The van der Waals surface area contributed by atoms with Crippen molar-refractivity contribution in [1.29, 1.82) is 0 Å². The van der Waals surface area contributed by atoms with Crippen LogP contribution in [-0.4, -0.2) is 41.7 Å². The summed E-state index contributed by atoms with van der Waals surface area (Å²) in [5, 5.41) is 0.394. The summed E-state index contributed by atoms with van der Waals surface area (Å²) in [7, 11) is -3.88. The van der Waals surface area contributed by atoms with Crippen LogP contribution in [0.4, 0.5) is 8.78 Å². The van der Waals surface area contributed by atoms with E-state index in [1.165, 1.54) is 37.4 Å². The van der Waals surface area contributed by atoms with Gasteiger partial charge in [-0.25, -0.2) is 17.2 Å². The van der Waals surface area contributed by atoms with Crippen LogP contribution in [-0.2, 0) is 21.8 Å². The fourth-order valence-corrected chi connectivity index (χ4v) is 6.82. The molecule has 0 unspecified atom stereocenters. The van der Waals surface area contributed by atoms with E-state index in [4.69, 9.17) is 17.3 Å². The second-order valence-corrected chi connectivity index (χ2v) is 11.0. The molecule has 1 aliphatic heterocycles. The number of carbonyl (C=O) groups excluding carboxylic acids is 1. The normalized spacial score (nSPS) is 29.3. The maximum Gasteiger partial charge on any atom is 0.185 e. The van der Waals surface area contributed by atoms with Crippen molar-refractivity contribution in [3.63, 3.8) is 0 Å². The summed E-state index contributed by atoms with van der Waals surface area (Å²) < 4.78 is 52.7. The molecule has 1 saturated carbocycles. The Morgan fingerprint density at radius 2 is 2.00 bits per heavy atom. The molecule has 1 aromatic heterocycles. The molecule has 1 spiro atoms. The minimum Gasteiger partial charge on any atom is -0.386 e. The van der Waals surface area contributed by atoms with Gasteiger partial charge in [-0.1, -0.05) is 17.7 Å². The van der Waals surface area contributed by atoms with Crippen LogP contribution >= 0.6 is 11.6 Å². The lowest BCUT2D eigenvalue weighted by Crippen LogP contribution is -2.65. The summed E-state index contributed by atoms with van der Waals surface area (Å²) in [6.45, 7) is 1.47. The summed E-state index contributed by atoms with van der Waals surface area (Å²) in [6, 6.07) is 7.07. The molecular weight excluding hydrogens is 448 g/mol. The molecule has 6 nitrogen and oxygen atoms in total. The average molecular weight is 468 g/mol. The quantitative estimate of drug-likeness (QED) is 0.696. The molecule has 0 saturated heterocycles. The highest BCUT2D eigenvalue weighted by atomic mass is 35.5. The molecule has 1 fully saturated rings. The largest absolute Gasteiger partial charge is 0.386 e. The molecule has 0 radical (unpaired) electrons. The summed E-state index contributed by atoms with van der Waals surface area (Å²) >= 11 is 5.79. The third kappa shape index (κ3) is 3.63. The minimum atomic E-state index is -3.88. The second-order valence-electron chi connectivity index (χ2n) is 8.31. The lowest BCUT2D eigenvalue weighted by molar-refractivity contribution is 0.0988. The standard InChI is InChI=1S/C21H20ClF2N3O3S/c1-20(11-31(29,30)21(19(25)27-20)8-14(23)9-21)15-6-12(2-4-16(15)24)7-18(28)17-5-3-13(22)10-26-17/h2-6,10,14H,7-9,11H2,1H3,(H2,25,27)/t14?,20-,21?/m0/s1. The highest BCUT2D eigenvalue weighted by Crippen LogP contribution is 2.48. The number of aromatic nitrogens is 1. The maximum absolute atomic E-state index is 14.8. The first-order valence-electron chi connectivity index (χ1n) is 9.62. The minimum absolute atomic E-state index is 0.0133. The molecule has 0 bridgehead atoms. The van der Waals surface area contributed by atoms with Gasteiger partial charge < -0.3 is 5.73 Å². The van der Waals surface area contributed by atoms with Crippen LogP contribution < -0.4 is 5.73 Å². The van der Waals surface area contributed by atoms with Crippen LogP contribution in [0.25, 0.3) is 0 Å². The Bertz CT molecular complexity index is 1190. The van der Waals surface area contributed by atoms with Crippen molar-refractivity contribution < 1.29 is 22.0 Å². The van der Waals surface area contributed by atoms with E-state index in [1.807, 2.05) is 0 Å². The van der Waals surface area contributed by atoms with E-state index >= 15 is 0 Å². The van der Waals surface area contributed by atoms with Crippen LogP contribution in [0.15, 0.2) is 41.5 Å². The van der Waals surface area contributed by atoms with Crippen LogP contribution in [0.1, 0.15) is 41.4 Å². The average Bonchev–Trinajstić information content (AvgIpc) is 2.65. The number of aliphatic imine (C=N–C) groups is 1. The van der Waals surface area contributed by atoms with E-state index in [9.17, 15) is 22.0 Å². The molecule has 2 aliphatic rings. The Kier molecular flexibility index (Phi) is 5.17. The number of benzene rings is 1. The van der Waals surface area contributed by atoms with Crippen LogP contribution in [0.3, 0.4) is 0 Å². The number of rotatable bonds is 4. The molecule has 164 valence electrons. The second kappa shape index (κ2) is 7.34. The zero-order valence-electron chi connectivity index (χ0n) is 16.6. The molecule has 1 aromatic carbocycles. The van der Waals surface area contributed by atoms with Gasteiger partial charge in [0.2, 0.25) is 0 Å². The fraction of sp³-hybridized carbons (Fsp3) is 0.381. The van der Waals surface area contributed by atoms with Crippen molar-refractivity contribution in [2.75, 3.05) is 5.75 Å². The van der Waals surface area contributed by atoms with Gasteiger partial charge in [0, 0.05) is 31.0 Å². The zero-order chi connectivity index (χ0) is 22.6. The summed E-state index contributed by atoms with van der Waals surface area (Å²) in [5.74, 6) is -1.66. The predicted octanol–water partition coefficient (Wildman–Crippen LogP) is 3.17. The summed E-state index contributed by atoms with van der Waals surface area (Å²) in [6.07, 6.45) is -0.426. The maximum atomic E-state index is 14.8. The van der Waals surface area contributed by atoms with Crippen molar-refractivity contribution in [3.8, 4) is 0 Å². The van der Waals surface area contributed by atoms with Gasteiger partial charge in [-0.2, -0.15) is 0 Å². The molecule has 4 rings (SSSR count). The number of carbonyl (C=O) groups is 1. The van der Waals surface area contributed by atoms with Gasteiger partial charge in [-0.3, -0.25) is 14.8 Å². The predicted molar refractivity (Wildman–Crippen MR) is 113 cm³/mol. The highest BCUT2D eigenvalue weighted by molar-refractivity contribution is 7.93. The molecule has 1 atom stereocenters. The number of Topliss-reactive ketones (excluding diaryl/α,β-unsaturated/α-hetero) is 1.